The first-order chi connectivity index (χ1) is 5.29. The van der Waals surface area contributed by atoms with Crippen molar-refractivity contribution in [3.05, 3.63) is 0 Å². The van der Waals surface area contributed by atoms with Gasteiger partial charge in [0.05, 0.1) is 32.2 Å². The smallest absolute Gasteiger partial charge is 0.100 e. The van der Waals surface area contributed by atoms with Crippen LogP contribution >= 0.6 is 0 Å². The number of hydrogen-bond donors (Lipinski definition) is 1. The van der Waals surface area contributed by atoms with Gasteiger partial charge in [-0.1, -0.05) is 0 Å². The molecule has 0 saturated carbocycles. The number of rotatable bonds is 2. The molecule has 11 heavy (non-hydrogen) atoms. The zero-order valence-corrected chi connectivity index (χ0v) is 6.75. The molecule has 1 saturated heterocycles. The minimum atomic E-state index is 0.0993. The number of hydrogen-bond acceptors (Lipinski definition) is 3. The molecule has 2 N–H and O–H groups in total. The largest absolute Gasteiger partial charge is 0.388 e. The van der Waals surface area contributed by atoms with Gasteiger partial charge >= 0.3 is 0 Å². The number of nitrogens with two attached hydrogens (primary N) is 1. The van der Waals surface area contributed by atoms with Gasteiger partial charge < -0.3 is 15.2 Å². The molecule has 0 radical (unpaired) electrons. The van der Waals surface area contributed by atoms with Crippen molar-refractivity contribution in [3.8, 4) is 0 Å². The fraction of sp³-hybridized carbons (Fsp3) is 0.857. The average Bonchev–Trinajstić information content (AvgIpc) is 2.03. The Morgan fingerprint density at radius 3 is 3.00 bits per heavy atom. The second kappa shape index (κ2) is 4.31. The highest BCUT2D eigenvalue weighted by atomic mass is 16.6. The van der Waals surface area contributed by atoms with E-state index < -0.39 is 0 Å². The normalized spacial score (nSPS) is 27.0. The summed E-state index contributed by atoms with van der Waals surface area (Å²) in [7, 11) is 0. The van der Waals surface area contributed by atoms with Crippen molar-refractivity contribution in [2.75, 3.05) is 26.4 Å². The predicted octanol–water partition coefficient (Wildman–Crippen LogP) is -0.221. The average molecular weight is 158 g/mol. The molecule has 1 unspecified atom stereocenters. The number of aliphatic imine (C=N–C) groups is 1. The monoisotopic (exact) mass is 158 g/mol. The van der Waals surface area contributed by atoms with E-state index in [0.717, 1.165) is 0 Å². The van der Waals surface area contributed by atoms with Gasteiger partial charge in [-0.05, 0) is 6.92 Å². The van der Waals surface area contributed by atoms with Gasteiger partial charge in [-0.2, -0.15) is 0 Å². The lowest BCUT2D eigenvalue weighted by atomic mass is 10.3. The zero-order chi connectivity index (χ0) is 8.10. The van der Waals surface area contributed by atoms with Gasteiger partial charge in [-0.25, -0.2) is 0 Å². The lowest BCUT2D eigenvalue weighted by molar-refractivity contribution is -0.0832. The Morgan fingerprint density at radius 1 is 1.64 bits per heavy atom. The van der Waals surface area contributed by atoms with Crippen LogP contribution in [0.15, 0.2) is 4.99 Å². The summed E-state index contributed by atoms with van der Waals surface area (Å²) in [6, 6.07) is 0. The number of nitrogens with zero attached hydrogens (tertiary/aromatic N) is 1. The third-order valence-corrected chi connectivity index (χ3v) is 1.43. The van der Waals surface area contributed by atoms with E-state index in [9.17, 15) is 0 Å². The summed E-state index contributed by atoms with van der Waals surface area (Å²) < 4.78 is 10.5. The van der Waals surface area contributed by atoms with E-state index in [-0.39, 0.29) is 6.10 Å². The van der Waals surface area contributed by atoms with Gasteiger partial charge in [0.1, 0.15) is 6.10 Å². The molecule has 0 aromatic heterocycles. The first-order valence-corrected chi connectivity index (χ1v) is 3.75. The third-order valence-electron chi connectivity index (χ3n) is 1.43. The summed E-state index contributed by atoms with van der Waals surface area (Å²) in [5, 5.41) is 0. The van der Waals surface area contributed by atoms with Crippen molar-refractivity contribution in [1.82, 2.24) is 0 Å². The van der Waals surface area contributed by atoms with Crippen LogP contribution in [0, 0.1) is 0 Å². The molecule has 0 aliphatic carbocycles. The van der Waals surface area contributed by atoms with E-state index >= 15 is 0 Å². The first-order valence-electron chi connectivity index (χ1n) is 3.75. The Bertz CT molecular complexity index is 137. The predicted molar refractivity (Wildman–Crippen MR) is 42.7 cm³/mol. The van der Waals surface area contributed by atoms with Crippen LogP contribution in [-0.2, 0) is 9.47 Å². The fourth-order valence-corrected chi connectivity index (χ4v) is 0.888. The van der Waals surface area contributed by atoms with E-state index in [1.165, 1.54) is 0 Å². The quantitative estimate of drug-likeness (QED) is 0.446. The molecule has 64 valence electrons. The lowest BCUT2D eigenvalue weighted by Gasteiger charge is -2.21. The van der Waals surface area contributed by atoms with Gasteiger partial charge in [0, 0.05) is 0 Å². The standard InChI is InChI=1S/C7H14N2O2/c1-6(8)9-4-7-5-10-2-3-11-7/h7H,2-5H2,1H3,(H2,8,9). The minimum absolute atomic E-state index is 0.0993. The van der Waals surface area contributed by atoms with Crippen molar-refractivity contribution >= 4 is 5.84 Å². The molecule has 0 spiro atoms. The van der Waals surface area contributed by atoms with Crippen molar-refractivity contribution in [2.45, 2.75) is 13.0 Å². The highest BCUT2D eigenvalue weighted by molar-refractivity contribution is 5.77. The summed E-state index contributed by atoms with van der Waals surface area (Å²) >= 11 is 0. The van der Waals surface area contributed by atoms with E-state index in [0.29, 0.717) is 32.2 Å². The van der Waals surface area contributed by atoms with Crippen molar-refractivity contribution in [1.29, 1.82) is 0 Å². The highest BCUT2D eigenvalue weighted by Gasteiger charge is 2.12. The minimum Gasteiger partial charge on any atom is -0.388 e. The van der Waals surface area contributed by atoms with Crippen LogP contribution in [0.4, 0.5) is 0 Å². The van der Waals surface area contributed by atoms with Crippen molar-refractivity contribution in [3.63, 3.8) is 0 Å². The van der Waals surface area contributed by atoms with E-state index in [2.05, 4.69) is 4.99 Å². The molecule has 1 aliphatic heterocycles. The molecule has 0 aromatic carbocycles. The first kappa shape index (κ1) is 8.49. The highest BCUT2D eigenvalue weighted by Crippen LogP contribution is 2.00. The molecular formula is C7H14N2O2. The number of amidine groups is 1. The molecule has 1 fully saturated rings. The van der Waals surface area contributed by atoms with Crippen LogP contribution in [0.25, 0.3) is 0 Å². The molecule has 0 bridgehead atoms. The topological polar surface area (TPSA) is 56.8 Å². The molecule has 0 aromatic rings. The molecular weight excluding hydrogens is 144 g/mol. The van der Waals surface area contributed by atoms with Gasteiger partial charge in [-0.15, -0.1) is 0 Å². The zero-order valence-electron chi connectivity index (χ0n) is 6.75. The Hall–Kier alpha value is -0.610. The Morgan fingerprint density at radius 2 is 2.45 bits per heavy atom. The van der Waals surface area contributed by atoms with Crippen LogP contribution < -0.4 is 5.73 Å². The van der Waals surface area contributed by atoms with Gasteiger partial charge in [0.15, 0.2) is 0 Å². The van der Waals surface area contributed by atoms with E-state index in [1.807, 2.05) is 0 Å². The Kier molecular flexibility index (Phi) is 3.32. The SMILES string of the molecule is CC(N)=NCC1COCCO1. The molecule has 1 heterocycles. The van der Waals surface area contributed by atoms with Crippen LogP contribution in [0.2, 0.25) is 0 Å². The number of ether oxygens (including phenoxy) is 2. The molecule has 4 nitrogen and oxygen atoms in total. The molecule has 1 aliphatic rings. The van der Waals surface area contributed by atoms with Crippen LogP contribution in [-0.4, -0.2) is 38.3 Å². The van der Waals surface area contributed by atoms with Crippen LogP contribution in [0.3, 0.4) is 0 Å². The summed E-state index contributed by atoms with van der Waals surface area (Å²) in [5.41, 5.74) is 5.36. The summed E-state index contributed by atoms with van der Waals surface area (Å²) in [6.45, 7) is 4.38. The maximum Gasteiger partial charge on any atom is 0.100 e. The maximum atomic E-state index is 5.36. The van der Waals surface area contributed by atoms with Gasteiger partial charge in [-0.3, -0.25) is 4.99 Å². The van der Waals surface area contributed by atoms with Crippen molar-refractivity contribution in [2.24, 2.45) is 10.7 Å². The molecule has 0 amide bonds. The second-order valence-corrected chi connectivity index (χ2v) is 2.55. The Balaban J connectivity index is 2.19. The molecule has 1 atom stereocenters. The summed E-state index contributed by atoms with van der Waals surface area (Å²) in [4.78, 5) is 4.04. The second-order valence-electron chi connectivity index (χ2n) is 2.55. The van der Waals surface area contributed by atoms with E-state index in [4.69, 9.17) is 15.2 Å². The molecule has 4 heteroatoms. The fourth-order valence-electron chi connectivity index (χ4n) is 0.888. The third kappa shape index (κ3) is 3.34. The summed E-state index contributed by atoms with van der Waals surface area (Å²) in [6.07, 6.45) is 0.0993. The van der Waals surface area contributed by atoms with Gasteiger partial charge in [0.2, 0.25) is 0 Å². The van der Waals surface area contributed by atoms with Crippen LogP contribution in [0.1, 0.15) is 6.92 Å². The maximum absolute atomic E-state index is 5.36. The lowest BCUT2D eigenvalue weighted by Crippen LogP contribution is -2.31. The van der Waals surface area contributed by atoms with Gasteiger partial charge in [0.25, 0.3) is 0 Å². The molecule has 1 rings (SSSR count). The summed E-state index contributed by atoms with van der Waals surface area (Å²) in [5.74, 6) is 0.596. The van der Waals surface area contributed by atoms with E-state index in [1.54, 1.807) is 6.92 Å². The van der Waals surface area contributed by atoms with Crippen molar-refractivity contribution < 1.29 is 9.47 Å². The van der Waals surface area contributed by atoms with Crippen LogP contribution in [0.5, 0.6) is 0 Å². The Labute approximate surface area is 66.4 Å².